The van der Waals surface area contributed by atoms with E-state index < -0.39 is 6.17 Å². The van der Waals surface area contributed by atoms with Gasteiger partial charge < -0.3 is 9.64 Å². The Bertz CT molecular complexity index is 389. The van der Waals surface area contributed by atoms with Gasteiger partial charge in [0, 0.05) is 17.8 Å². The Morgan fingerprint density at radius 3 is 2.42 bits per heavy atom. The van der Waals surface area contributed by atoms with Crippen molar-refractivity contribution in [2.24, 2.45) is 0 Å². The summed E-state index contributed by atoms with van der Waals surface area (Å²) in [6.45, 7) is 1.09. The van der Waals surface area contributed by atoms with E-state index in [1.54, 1.807) is 0 Å². The Hall–Kier alpha value is -0.290. The van der Waals surface area contributed by atoms with Crippen molar-refractivity contribution >= 4 is 17.7 Å². The largest absolute Gasteiger partial charge is 0.368 e. The van der Waals surface area contributed by atoms with Gasteiger partial charge in [-0.15, -0.1) is 0 Å². The lowest BCUT2D eigenvalue weighted by Gasteiger charge is -2.36. The summed E-state index contributed by atoms with van der Waals surface area (Å²) in [5, 5.41) is 0.609. The highest BCUT2D eigenvalue weighted by Gasteiger charge is 2.30. The highest BCUT2D eigenvalue weighted by Crippen LogP contribution is 2.30. The van der Waals surface area contributed by atoms with Gasteiger partial charge in [-0.2, -0.15) is 11.8 Å². The molecule has 5 heteroatoms. The van der Waals surface area contributed by atoms with Crippen LogP contribution in [-0.2, 0) is 9.53 Å². The Morgan fingerprint density at radius 1 is 1.00 bits per heavy atom. The van der Waals surface area contributed by atoms with E-state index >= 15 is 0 Å². The van der Waals surface area contributed by atoms with Crippen molar-refractivity contribution in [2.45, 2.75) is 94.2 Å². The molecule has 0 radical (unpaired) electrons. The Morgan fingerprint density at radius 2 is 1.75 bits per heavy atom. The fourth-order valence-electron chi connectivity index (χ4n) is 4.32. The third kappa shape index (κ3) is 5.35. The highest BCUT2D eigenvalue weighted by atomic mass is 32.2. The summed E-state index contributed by atoms with van der Waals surface area (Å²) in [6, 6.07) is 0.414. The lowest BCUT2D eigenvalue weighted by molar-refractivity contribution is -0.142. The summed E-state index contributed by atoms with van der Waals surface area (Å²) in [5.41, 5.74) is 0. The van der Waals surface area contributed by atoms with Crippen LogP contribution in [0.5, 0.6) is 0 Å². The van der Waals surface area contributed by atoms with E-state index in [2.05, 4.69) is 4.90 Å². The Kier molecular flexibility index (Phi) is 7.26. The topological polar surface area (TPSA) is 29.5 Å². The van der Waals surface area contributed by atoms with Crippen LogP contribution in [0.2, 0.25) is 0 Å². The first-order chi connectivity index (χ1) is 11.7. The van der Waals surface area contributed by atoms with Gasteiger partial charge in [0.15, 0.2) is 0 Å². The summed E-state index contributed by atoms with van der Waals surface area (Å²) >= 11 is 2.02. The fourth-order valence-corrected chi connectivity index (χ4v) is 5.58. The van der Waals surface area contributed by atoms with Crippen molar-refractivity contribution in [3.63, 3.8) is 0 Å². The molecular weight excluding hydrogens is 325 g/mol. The molecule has 1 saturated heterocycles. The standard InChI is InChI=1S/C19H32FNO2S/c20-15-8-10-17(11-9-15)23-14-19(22)21(13-18-7-4-12-24-18)16-5-2-1-3-6-16/h15-18H,1-14H2. The van der Waals surface area contributed by atoms with E-state index in [-0.39, 0.29) is 18.6 Å². The lowest BCUT2D eigenvalue weighted by atomic mass is 9.94. The molecule has 2 aliphatic carbocycles. The van der Waals surface area contributed by atoms with Gasteiger partial charge in [-0.25, -0.2) is 4.39 Å². The molecule has 0 spiro atoms. The molecule has 0 aromatic rings. The number of hydrogen-bond acceptors (Lipinski definition) is 3. The molecule has 1 unspecified atom stereocenters. The van der Waals surface area contributed by atoms with Crippen molar-refractivity contribution in [3.05, 3.63) is 0 Å². The molecular formula is C19H32FNO2S. The molecule has 3 nitrogen and oxygen atoms in total. The van der Waals surface area contributed by atoms with Crippen LogP contribution in [0.4, 0.5) is 4.39 Å². The first-order valence-corrected chi connectivity index (χ1v) is 10.9. The van der Waals surface area contributed by atoms with Crippen LogP contribution in [-0.4, -0.2) is 53.3 Å². The minimum Gasteiger partial charge on any atom is -0.368 e. The number of rotatable bonds is 6. The normalized spacial score (nSPS) is 32.0. The number of halogens is 1. The molecule has 1 amide bonds. The Labute approximate surface area is 150 Å². The van der Waals surface area contributed by atoms with Gasteiger partial charge >= 0.3 is 0 Å². The maximum atomic E-state index is 13.2. The van der Waals surface area contributed by atoms with Crippen molar-refractivity contribution in [2.75, 3.05) is 18.9 Å². The SMILES string of the molecule is O=C(COC1CCC(F)CC1)N(CC1CCCS1)C1CCCCC1. The minimum absolute atomic E-state index is 0.0787. The van der Waals surface area contributed by atoms with Gasteiger partial charge in [-0.1, -0.05) is 19.3 Å². The number of amides is 1. The summed E-state index contributed by atoms with van der Waals surface area (Å²) in [4.78, 5) is 15.0. The predicted octanol–water partition coefficient (Wildman–Crippen LogP) is 4.34. The second-order valence-corrected chi connectivity index (χ2v) is 9.07. The molecule has 138 valence electrons. The van der Waals surface area contributed by atoms with E-state index in [1.807, 2.05) is 11.8 Å². The number of carbonyl (C=O) groups is 1. The molecule has 1 atom stereocenters. The molecule has 3 aliphatic rings. The lowest BCUT2D eigenvalue weighted by Crippen LogP contribution is -2.46. The maximum absolute atomic E-state index is 13.2. The van der Waals surface area contributed by atoms with Gasteiger partial charge in [0.05, 0.1) is 6.10 Å². The third-order valence-electron chi connectivity index (χ3n) is 5.81. The quantitative estimate of drug-likeness (QED) is 0.708. The van der Waals surface area contributed by atoms with Gasteiger partial charge in [0.2, 0.25) is 5.91 Å². The molecule has 1 heterocycles. The van der Waals surface area contributed by atoms with Crippen molar-refractivity contribution < 1.29 is 13.9 Å². The first-order valence-electron chi connectivity index (χ1n) is 9.89. The average molecular weight is 358 g/mol. The molecule has 24 heavy (non-hydrogen) atoms. The number of alkyl halides is 1. The zero-order chi connectivity index (χ0) is 16.8. The first kappa shape index (κ1) is 18.5. The monoisotopic (exact) mass is 357 g/mol. The van der Waals surface area contributed by atoms with Gasteiger partial charge in [-0.3, -0.25) is 4.79 Å². The average Bonchev–Trinajstić information content (AvgIpc) is 3.13. The zero-order valence-corrected chi connectivity index (χ0v) is 15.6. The van der Waals surface area contributed by atoms with E-state index in [9.17, 15) is 9.18 Å². The van der Waals surface area contributed by atoms with Crippen LogP contribution in [0.1, 0.15) is 70.6 Å². The number of thioether (sulfide) groups is 1. The van der Waals surface area contributed by atoms with E-state index in [1.165, 1.54) is 37.9 Å². The zero-order valence-electron chi connectivity index (χ0n) is 14.8. The summed E-state index contributed by atoms with van der Waals surface area (Å²) in [5.74, 6) is 1.40. The second kappa shape index (κ2) is 9.42. The van der Waals surface area contributed by atoms with Crippen LogP contribution in [0.15, 0.2) is 0 Å². The van der Waals surface area contributed by atoms with Crippen LogP contribution in [0, 0.1) is 0 Å². The molecule has 0 aromatic carbocycles. The minimum atomic E-state index is -0.668. The van der Waals surface area contributed by atoms with Crippen LogP contribution >= 0.6 is 11.8 Å². The number of hydrogen-bond donors (Lipinski definition) is 0. The van der Waals surface area contributed by atoms with Crippen LogP contribution in [0.25, 0.3) is 0 Å². The smallest absolute Gasteiger partial charge is 0.248 e. The predicted molar refractivity (Wildman–Crippen MR) is 97.2 cm³/mol. The van der Waals surface area contributed by atoms with Crippen molar-refractivity contribution in [1.82, 2.24) is 4.90 Å². The number of carbonyl (C=O) groups excluding carboxylic acids is 1. The molecule has 0 aromatic heterocycles. The van der Waals surface area contributed by atoms with Crippen LogP contribution < -0.4 is 0 Å². The van der Waals surface area contributed by atoms with Gasteiger partial charge in [0.25, 0.3) is 0 Å². The van der Waals surface area contributed by atoms with Crippen molar-refractivity contribution in [3.8, 4) is 0 Å². The van der Waals surface area contributed by atoms with E-state index in [0.717, 1.165) is 32.2 Å². The van der Waals surface area contributed by atoms with Crippen LogP contribution in [0.3, 0.4) is 0 Å². The van der Waals surface area contributed by atoms with Gasteiger partial charge in [0.1, 0.15) is 12.8 Å². The van der Waals surface area contributed by atoms with Crippen molar-refractivity contribution in [1.29, 1.82) is 0 Å². The van der Waals surface area contributed by atoms with Gasteiger partial charge in [-0.05, 0) is 57.1 Å². The molecule has 3 rings (SSSR count). The van der Waals surface area contributed by atoms with E-state index in [0.29, 0.717) is 24.1 Å². The molecule has 3 fully saturated rings. The second-order valence-electron chi connectivity index (χ2n) is 7.66. The Balaban J connectivity index is 1.51. The number of nitrogens with zero attached hydrogens (tertiary/aromatic N) is 1. The molecule has 2 saturated carbocycles. The summed E-state index contributed by atoms with van der Waals surface area (Å²) in [7, 11) is 0. The van der Waals surface area contributed by atoms with E-state index in [4.69, 9.17) is 4.74 Å². The third-order valence-corrected chi connectivity index (χ3v) is 7.19. The number of ether oxygens (including phenoxy) is 1. The summed E-state index contributed by atoms with van der Waals surface area (Å²) in [6.07, 6.45) is 10.7. The fraction of sp³-hybridized carbons (Fsp3) is 0.947. The summed E-state index contributed by atoms with van der Waals surface area (Å²) < 4.78 is 19.1. The molecule has 0 N–H and O–H groups in total. The molecule has 1 aliphatic heterocycles. The molecule has 0 bridgehead atoms. The highest BCUT2D eigenvalue weighted by molar-refractivity contribution is 8.00. The maximum Gasteiger partial charge on any atom is 0.248 e.